The summed E-state index contributed by atoms with van der Waals surface area (Å²) in [7, 11) is 0. The third-order valence-electron chi connectivity index (χ3n) is 1.50. The van der Waals surface area contributed by atoms with Gasteiger partial charge in [0.25, 0.3) is 0 Å². The number of primary amides is 1. The molecule has 0 aromatic rings. The first kappa shape index (κ1) is 9.72. The molecule has 3 nitrogen and oxygen atoms in total. The van der Waals surface area contributed by atoms with E-state index < -0.39 is 0 Å². The topological polar surface area (TPSA) is 52.3 Å². The molecular formula is C6H12ClNO2. The van der Waals surface area contributed by atoms with Crippen LogP contribution in [0.1, 0.15) is 19.3 Å². The second-order valence-corrected chi connectivity index (χ2v) is 2.26. The molecule has 0 spiro atoms. The molecule has 1 amide bonds. The quantitative estimate of drug-likeness (QED) is 0.614. The summed E-state index contributed by atoms with van der Waals surface area (Å²) in [5, 5.41) is 0. The molecule has 60 valence electrons. The molecule has 0 aromatic heterocycles. The fraction of sp³-hybridized carbons (Fsp3) is 0.833. The van der Waals surface area contributed by atoms with E-state index in [0.717, 1.165) is 19.3 Å². The van der Waals surface area contributed by atoms with Crippen molar-refractivity contribution in [2.75, 3.05) is 6.61 Å². The van der Waals surface area contributed by atoms with Gasteiger partial charge in [-0.05, 0) is 19.3 Å². The zero-order valence-corrected chi connectivity index (χ0v) is 6.52. The average molecular weight is 166 g/mol. The van der Waals surface area contributed by atoms with Gasteiger partial charge in [-0.2, -0.15) is 0 Å². The number of ether oxygens (including phenoxy) is 1. The Morgan fingerprint density at radius 1 is 1.50 bits per heavy atom. The van der Waals surface area contributed by atoms with Crippen LogP contribution in [0.2, 0.25) is 0 Å². The van der Waals surface area contributed by atoms with Crippen LogP contribution in [0.15, 0.2) is 0 Å². The van der Waals surface area contributed by atoms with Gasteiger partial charge in [0.1, 0.15) is 6.10 Å². The highest BCUT2D eigenvalue weighted by atomic mass is 35.5. The number of amides is 1. The molecule has 1 saturated heterocycles. The SMILES string of the molecule is Cl.NC(=O)C1CCCCO1. The number of halogens is 1. The van der Waals surface area contributed by atoms with E-state index >= 15 is 0 Å². The molecule has 0 radical (unpaired) electrons. The van der Waals surface area contributed by atoms with Gasteiger partial charge in [0, 0.05) is 6.61 Å². The normalized spacial score (nSPS) is 25.0. The van der Waals surface area contributed by atoms with E-state index in [4.69, 9.17) is 10.5 Å². The van der Waals surface area contributed by atoms with Gasteiger partial charge in [0.05, 0.1) is 0 Å². The molecule has 0 saturated carbocycles. The van der Waals surface area contributed by atoms with Crippen LogP contribution >= 0.6 is 12.4 Å². The fourth-order valence-corrected chi connectivity index (χ4v) is 0.965. The molecule has 0 aliphatic carbocycles. The molecule has 1 aliphatic heterocycles. The Balaban J connectivity index is 0.000000810. The zero-order valence-electron chi connectivity index (χ0n) is 5.71. The Hall–Kier alpha value is -0.280. The highest BCUT2D eigenvalue weighted by Crippen LogP contribution is 2.11. The van der Waals surface area contributed by atoms with Crippen molar-refractivity contribution in [1.82, 2.24) is 0 Å². The lowest BCUT2D eigenvalue weighted by atomic mass is 10.1. The maximum Gasteiger partial charge on any atom is 0.246 e. The largest absolute Gasteiger partial charge is 0.368 e. The second kappa shape index (κ2) is 4.52. The van der Waals surface area contributed by atoms with E-state index in [2.05, 4.69) is 0 Å². The van der Waals surface area contributed by atoms with Crippen LogP contribution < -0.4 is 5.73 Å². The molecule has 2 N–H and O–H groups in total. The monoisotopic (exact) mass is 165 g/mol. The molecule has 0 aromatic carbocycles. The van der Waals surface area contributed by atoms with Crippen molar-refractivity contribution in [3.8, 4) is 0 Å². The van der Waals surface area contributed by atoms with E-state index in [-0.39, 0.29) is 24.4 Å². The number of rotatable bonds is 1. The van der Waals surface area contributed by atoms with Gasteiger partial charge in [-0.15, -0.1) is 12.4 Å². The van der Waals surface area contributed by atoms with E-state index in [1.54, 1.807) is 0 Å². The highest BCUT2D eigenvalue weighted by molar-refractivity contribution is 5.85. The summed E-state index contributed by atoms with van der Waals surface area (Å²) in [5.41, 5.74) is 5.00. The van der Waals surface area contributed by atoms with Crippen molar-refractivity contribution in [2.24, 2.45) is 5.73 Å². The minimum Gasteiger partial charge on any atom is -0.368 e. The van der Waals surface area contributed by atoms with Crippen LogP contribution in [0.25, 0.3) is 0 Å². The van der Waals surface area contributed by atoms with Gasteiger partial charge < -0.3 is 10.5 Å². The Labute approximate surface area is 66.3 Å². The van der Waals surface area contributed by atoms with Gasteiger partial charge in [0.2, 0.25) is 5.91 Å². The summed E-state index contributed by atoms with van der Waals surface area (Å²) in [6.07, 6.45) is 2.62. The number of hydrogen-bond acceptors (Lipinski definition) is 2. The zero-order chi connectivity index (χ0) is 6.69. The van der Waals surface area contributed by atoms with Gasteiger partial charge in [-0.3, -0.25) is 4.79 Å². The number of nitrogens with two attached hydrogens (primary N) is 1. The molecule has 1 heterocycles. The van der Waals surface area contributed by atoms with Crippen LogP contribution in [0.5, 0.6) is 0 Å². The highest BCUT2D eigenvalue weighted by Gasteiger charge is 2.18. The van der Waals surface area contributed by atoms with Crippen LogP contribution in [0, 0.1) is 0 Å². The Kier molecular flexibility index (Phi) is 4.40. The van der Waals surface area contributed by atoms with Gasteiger partial charge in [-0.1, -0.05) is 0 Å². The van der Waals surface area contributed by atoms with Crippen LogP contribution in [-0.2, 0) is 9.53 Å². The van der Waals surface area contributed by atoms with Crippen molar-refractivity contribution in [3.05, 3.63) is 0 Å². The first-order chi connectivity index (χ1) is 4.30. The lowest BCUT2D eigenvalue weighted by Gasteiger charge is -2.18. The molecule has 1 atom stereocenters. The summed E-state index contributed by atoms with van der Waals surface area (Å²) in [5.74, 6) is -0.324. The van der Waals surface area contributed by atoms with Crippen molar-refractivity contribution in [3.63, 3.8) is 0 Å². The van der Waals surface area contributed by atoms with Crippen molar-refractivity contribution in [1.29, 1.82) is 0 Å². The average Bonchev–Trinajstić information content (AvgIpc) is 1.90. The minimum atomic E-state index is -0.324. The fourth-order valence-electron chi connectivity index (χ4n) is 0.965. The predicted molar refractivity (Wildman–Crippen MR) is 40.0 cm³/mol. The molecule has 0 bridgehead atoms. The summed E-state index contributed by atoms with van der Waals surface area (Å²) in [4.78, 5) is 10.5. The molecule has 1 aliphatic rings. The first-order valence-electron chi connectivity index (χ1n) is 3.21. The maximum atomic E-state index is 10.5. The predicted octanol–water partition coefficient (Wildman–Crippen LogP) is 0.463. The lowest BCUT2D eigenvalue weighted by molar-refractivity contribution is -0.132. The number of carbonyl (C=O) groups excluding carboxylic acids is 1. The number of hydrogen-bond donors (Lipinski definition) is 1. The van der Waals surface area contributed by atoms with E-state index in [0.29, 0.717) is 6.61 Å². The van der Waals surface area contributed by atoms with E-state index in [1.807, 2.05) is 0 Å². The molecule has 1 fully saturated rings. The number of carbonyl (C=O) groups is 1. The third-order valence-corrected chi connectivity index (χ3v) is 1.50. The molecule has 4 heteroatoms. The minimum absolute atomic E-state index is 0. The molecular weight excluding hydrogens is 154 g/mol. The van der Waals surface area contributed by atoms with Crippen LogP contribution in [0.3, 0.4) is 0 Å². The summed E-state index contributed by atoms with van der Waals surface area (Å²) >= 11 is 0. The standard InChI is InChI=1S/C6H11NO2.ClH/c7-6(8)5-3-1-2-4-9-5;/h5H,1-4H2,(H2,7,8);1H. The lowest BCUT2D eigenvalue weighted by Crippen LogP contribution is -2.33. The van der Waals surface area contributed by atoms with Gasteiger partial charge in [0.15, 0.2) is 0 Å². The van der Waals surface area contributed by atoms with Crippen LogP contribution in [0.4, 0.5) is 0 Å². The van der Waals surface area contributed by atoms with Crippen molar-refractivity contribution >= 4 is 18.3 Å². The van der Waals surface area contributed by atoms with Gasteiger partial charge in [-0.25, -0.2) is 0 Å². The molecule has 1 unspecified atom stereocenters. The van der Waals surface area contributed by atoms with E-state index in [9.17, 15) is 4.79 Å². The molecule has 1 rings (SSSR count). The second-order valence-electron chi connectivity index (χ2n) is 2.26. The van der Waals surface area contributed by atoms with Gasteiger partial charge >= 0.3 is 0 Å². The van der Waals surface area contributed by atoms with Crippen LogP contribution in [-0.4, -0.2) is 18.6 Å². The first-order valence-corrected chi connectivity index (χ1v) is 3.21. The Morgan fingerprint density at radius 3 is 2.50 bits per heavy atom. The smallest absolute Gasteiger partial charge is 0.246 e. The van der Waals surface area contributed by atoms with Crippen molar-refractivity contribution < 1.29 is 9.53 Å². The summed E-state index contributed by atoms with van der Waals surface area (Å²) < 4.78 is 5.06. The molecule has 10 heavy (non-hydrogen) atoms. The van der Waals surface area contributed by atoms with Crippen molar-refractivity contribution in [2.45, 2.75) is 25.4 Å². The van der Waals surface area contributed by atoms with E-state index in [1.165, 1.54) is 0 Å². The summed E-state index contributed by atoms with van der Waals surface area (Å²) in [6.45, 7) is 0.688. The summed E-state index contributed by atoms with van der Waals surface area (Å²) in [6, 6.07) is 0. The Morgan fingerprint density at radius 2 is 2.20 bits per heavy atom. The maximum absolute atomic E-state index is 10.5. The third kappa shape index (κ3) is 2.54. The Bertz CT molecular complexity index is 112.